The molecule has 148 valence electrons. The smallest absolute Gasteiger partial charge is 0.256 e. The molecule has 29 heavy (non-hydrogen) atoms. The van der Waals surface area contributed by atoms with Crippen LogP contribution in [0.15, 0.2) is 48.8 Å². The Morgan fingerprint density at radius 3 is 2.86 bits per heavy atom. The highest BCUT2D eigenvalue weighted by Crippen LogP contribution is 2.39. The average Bonchev–Trinajstić information content (AvgIpc) is 3.33. The first-order valence-corrected chi connectivity index (χ1v) is 10.2. The third-order valence-electron chi connectivity index (χ3n) is 4.88. The van der Waals surface area contributed by atoms with E-state index in [0.717, 1.165) is 30.4 Å². The number of carbonyl (C=O) groups excluding carboxylic acids is 2. The van der Waals surface area contributed by atoms with E-state index in [1.165, 1.54) is 16.2 Å². The van der Waals surface area contributed by atoms with E-state index in [1.807, 2.05) is 12.1 Å². The van der Waals surface area contributed by atoms with Crippen molar-refractivity contribution in [1.82, 2.24) is 10.3 Å². The fourth-order valence-corrected chi connectivity index (χ4v) is 4.73. The van der Waals surface area contributed by atoms with E-state index in [4.69, 9.17) is 4.74 Å². The molecule has 7 heteroatoms. The number of ether oxygens (including phenoxy) is 1. The molecule has 2 amide bonds. The zero-order chi connectivity index (χ0) is 20.2. The number of hydrogen-bond acceptors (Lipinski definition) is 5. The molecule has 1 aromatic carbocycles. The maximum absolute atomic E-state index is 13.0. The van der Waals surface area contributed by atoms with Gasteiger partial charge in [0.1, 0.15) is 10.8 Å². The minimum Gasteiger partial charge on any atom is -0.497 e. The predicted octanol–water partition coefficient (Wildman–Crippen LogP) is 3.82. The highest BCUT2D eigenvalue weighted by Gasteiger charge is 2.27. The van der Waals surface area contributed by atoms with E-state index in [-0.39, 0.29) is 11.8 Å². The van der Waals surface area contributed by atoms with Gasteiger partial charge in [-0.3, -0.25) is 14.6 Å². The molecular formula is C22H21N3O3S. The van der Waals surface area contributed by atoms with Crippen molar-refractivity contribution in [3.8, 4) is 5.75 Å². The fourth-order valence-electron chi connectivity index (χ4n) is 3.45. The Morgan fingerprint density at radius 1 is 1.17 bits per heavy atom. The summed E-state index contributed by atoms with van der Waals surface area (Å²) in [7, 11) is 1.56. The summed E-state index contributed by atoms with van der Waals surface area (Å²) in [6, 6.07) is 10.7. The molecule has 0 unspecified atom stereocenters. The number of rotatable bonds is 6. The number of benzene rings is 1. The third kappa shape index (κ3) is 4.14. The maximum atomic E-state index is 13.0. The maximum Gasteiger partial charge on any atom is 0.256 e. The van der Waals surface area contributed by atoms with Gasteiger partial charge in [-0.2, -0.15) is 0 Å². The predicted molar refractivity (Wildman–Crippen MR) is 113 cm³/mol. The van der Waals surface area contributed by atoms with E-state index >= 15 is 0 Å². The lowest BCUT2D eigenvalue weighted by molar-refractivity contribution is 0.0951. The van der Waals surface area contributed by atoms with Gasteiger partial charge in [0, 0.05) is 29.4 Å². The lowest BCUT2D eigenvalue weighted by atomic mass is 10.1. The summed E-state index contributed by atoms with van der Waals surface area (Å²) in [4.78, 5) is 31.0. The van der Waals surface area contributed by atoms with Gasteiger partial charge in [0.2, 0.25) is 0 Å². The molecule has 1 aliphatic carbocycles. The van der Waals surface area contributed by atoms with E-state index in [2.05, 4.69) is 15.6 Å². The summed E-state index contributed by atoms with van der Waals surface area (Å²) in [5.41, 5.74) is 3.05. The largest absolute Gasteiger partial charge is 0.497 e. The number of fused-ring (bicyclic) bond motifs is 1. The van der Waals surface area contributed by atoms with Crippen molar-refractivity contribution in [2.24, 2.45) is 0 Å². The molecule has 6 nitrogen and oxygen atoms in total. The molecule has 0 saturated heterocycles. The van der Waals surface area contributed by atoms with Gasteiger partial charge in [0.05, 0.1) is 12.7 Å². The van der Waals surface area contributed by atoms with Gasteiger partial charge in [-0.15, -0.1) is 11.3 Å². The molecule has 0 aliphatic heterocycles. The summed E-state index contributed by atoms with van der Waals surface area (Å²) in [6.45, 7) is 0.389. The average molecular weight is 407 g/mol. The molecule has 0 spiro atoms. The van der Waals surface area contributed by atoms with Crippen LogP contribution in [-0.4, -0.2) is 23.9 Å². The standard InChI is InChI=1S/C22H21N3O3S/c1-28-16-7-2-6-15(11-16)20(26)25-22-19(17-8-3-9-18(17)29-22)21(27)24-13-14-5-4-10-23-12-14/h2,4-7,10-12H,3,8-9,13H2,1H3,(H,24,27)(H,25,26). The third-order valence-corrected chi connectivity index (χ3v) is 6.09. The fraction of sp³-hybridized carbons (Fsp3) is 0.227. The Bertz CT molecular complexity index is 1050. The first-order valence-electron chi connectivity index (χ1n) is 9.42. The summed E-state index contributed by atoms with van der Waals surface area (Å²) < 4.78 is 5.19. The van der Waals surface area contributed by atoms with E-state index < -0.39 is 0 Å². The van der Waals surface area contributed by atoms with Gasteiger partial charge in [-0.25, -0.2) is 0 Å². The molecule has 0 bridgehead atoms. The van der Waals surface area contributed by atoms with Crippen molar-refractivity contribution in [3.05, 3.63) is 75.9 Å². The number of nitrogens with zero attached hydrogens (tertiary/aromatic N) is 1. The molecule has 0 atom stereocenters. The number of anilines is 1. The number of amides is 2. The number of hydrogen-bond donors (Lipinski definition) is 2. The highest BCUT2D eigenvalue weighted by atomic mass is 32.1. The number of pyridine rings is 1. The molecule has 1 aliphatic rings. The Morgan fingerprint density at radius 2 is 2.07 bits per heavy atom. The highest BCUT2D eigenvalue weighted by molar-refractivity contribution is 7.17. The summed E-state index contributed by atoms with van der Waals surface area (Å²) in [5, 5.41) is 6.50. The molecular weight excluding hydrogens is 386 g/mol. The molecule has 3 aromatic rings. The molecule has 2 aromatic heterocycles. The van der Waals surface area contributed by atoms with Crippen LogP contribution in [0.5, 0.6) is 5.75 Å². The normalized spacial score (nSPS) is 12.3. The van der Waals surface area contributed by atoms with Gasteiger partial charge in [-0.1, -0.05) is 12.1 Å². The van der Waals surface area contributed by atoms with Crippen LogP contribution in [0.4, 0.5) is 5.00 Å². The Labute approximate surface area is 172 Å². The van der Waals surface area contributed by atoms with E-state index in [1.54, 1.807) is 43.8 Å². The van der Waals surface area contributed by atoms with Crippen LogP contribution in [-0.2, 0) is 19.4 Å². The summed E-state index contributed by atoms with van der Waals surface area (Å²) >= 11 is 1.50. The zero-order valence-corrected chi connectivity index (χ0v) is 16.8. The lowest BCUT2D eigenvalue weighted by Gasteiger charge is -2.10. The Hall–Kier alpha value is -3.19. The van der Waals surface area contributed by atoms with Crippen LogP contribution in [0.2, 0.25) is 0 Å². The van der Waals surface area contributed by atoms with Gasteiger partial charge >= 0.3 is 0 Å². The van der Waals surface area contributed by atoms with Crippen LogP contribution in [0.1, 0.15) is 43.1 Å². The summed E-state index contributed by atoms with van der Waals surface area (Å²) in [5.74, 6) is 0.181. The topological polar surface area (TPSA) is 80.3 Å². The monoisotopic (exact) mass is 407 g/mol. The zero-order valence-electron chi connectivity index (χ0n) is 16.0. The molecule has 0 fully saturated rings. The first kappa shape index (κ1) is 19.1. The van der Waals surface area contributed by atoms with Gasteiger partial charge in [-0.05, 0) is 54.7 Å². The number of aryl methyl sites for hydroxylation is 1. The first-order chi connectivity index (χ1) is 14.2. The number of thiophene rings is 1. The molecule has 0 saturated carbocycles. The minimum absolute atomic E-state index is 0.172. The van der Waals surface area contributed by atoms with Crippen molar-refractivity contribution in [1.29, 1.82) is 0 Å². The Kier molecular flexibility index (Phi) is 5.57. The van der Waals surface area contributed by atoms with E-state index in [9.17, 15) is 9.59 Å². The second kappa shape index (κ2) is 8.45. The molecule has 0 radical (unpaired) electrons. The van der Waals surface area contributed by atoms with Crippen LogP contribution in [0.3, 0.4) is 0 Å². The van der Waals surface area contributed by atoms with Crippen LogP contribution >= 0.6 is 11.3 Å². The van der Waals surface area contributed by atoms with Gasteiger partial charge in [0.25, 0.3) is 11.8 Å². The second-order valence-electron chi connectivity index (χ2n) is 6.79. The lowest BCUT2D eigenvalue weighted by Crippen LogP contribution is -2.25. The van der Waals surface area contributed by atoms with Crippen molar-refractivity contribution >= 4 is 28.2 Å². The molecule has 2 N–H and O–H groups in total. The quantitative estimate of drug-likeness (QED) is 0.651. The van der Waals surface area contributed by atoms with Crippen LogP contribution in [0.25, 0.3) is 0 Å². The number of nitrogens with one attached hydrogen (secondary N) is 2. The van der Waals surface area contributed by atoms with Crippen molar-refractivity contribution in [2.45, 2.75) is 25.8 Å². The molecule has 4 rings (SSSR count). The van der Waals surface area contributed by atoms with Gasteiger partial charge < -0.3 is 15.4 Å². The SMILES string of the molecule is COc1cccc(C(=O)Nc2sc3c(c2C(=O)NCc2cccnc2)CCC3)c1. The number of carbonyl (C=O) groups is 2. The van der Waals surface area contributed by atoms with Gasteiger partial charge in [0.15, 0.2) is 0 Å². The Balaban J connectivity index is 1.56. The number of methoxy groups -OCH3 is 1. The van der Waals surface area contributed by atoms with Crippen molar-refractivity contribution in [2.75, 3.05) is 12.4 Å². The van der Waals surface area contributed by atoms with Crippen LogP contribution < -0.4 is 15.4 Å². The minimum atomic E-state index is -0.259. The van der Waals surface area contributed by atoms with E-state index in [0.29, 0.717) is 28.4 Å². The van der Waals surface area contributed by atoms with Crippen LogP contribution in [0, 0.1) is 0 Å². The van der Waals surface area contributed by atoms with Crippen molar-refractivity contribution < 1.29 is 14.3 Å². The van der Waals surface area contributed by atoms with Crippen molar-refractivity contribution in [3.63, 3.8) is 0 Å². The molecule has 2 heterocycles. The summed E-state index contributed by atoms with van der Waals surface area (Å²) in [6.07, 6.45) is 6.26. The second-order valence-corrected chi connectivity index (χ2v) is 7.90. The number of aromatic nitrogens is 1.